The molecular weight excluding hydrogens is 629 g/mol. The van der Waals surface area contributed by atoms with Crippen LogP contribution in [0.4, 0.5) is 26.6 Å². The molecule has 3 atom stereocenters. The van der Waals surface area contributed by atoms with Crippen molar-refractivity contribution < 1.29 is 33.0 Å². The number of carbonyl (C=O) groups is 4. The van der Waals surface area contributed by atoms with Crippen molar-refractivity contribution in [2.75, 3.05) is 30.8 Å². The van der Waals surface area contributed by atoms with Crippen molar-refractivity contribution in [2.24, 2.45) is 4.99 Å². The Hall–Kier alpha value is -4.79. The van der Waals surface area contributed by atoms with Crippen molar-refractivity contribution in [1.29, 1.82) is 0 Å². The molecule has 0 saturated carbocycles. The molecule has 4 aliphatic rings. The lowest BCUT2D eigenvalue weighted by atomic mass is 9.98. The predicted octanol–water partition coefficient (Wildman–Crippen LogP) is 3.46. The van der Waals surface area contributed by atoms with Crippen molar-refractivity contribution >= 4 is 58.4 Å². The van der Waals surface area contributed by atoms with Gasteiger partial charge in [-0.2, -0.15) is 16.7 Å². The highest BCUT2D eigenvalue weighted by Crippen LogP contribution is 2.34. The van der Waals surface area contributed by atoms with Crippen LogP contribution in [0.15, 0.2) is 53.2 Å². The van der Waals surface area contributed by atoms with Gasteiger partial charge in [0, 0.05) is 60.2 Å². The van der Waals surface area contributed by atoms with Gasteiger partial charge in [0.25, 0.3) is 5.95 Å². The van der Waals surface area contributed by atoms with Crippen LogP contribution in [0, 0.1) is 5.82 Å². The van der Waals surface area contributed by atoms with Gasteiger partial charge in [0.2, 0.25) is 11.7 Å². The lowest BCUT2D eigenvalue weighted by Gasteiger charge is -2.19. The Balaban J connectivity index is 0.961. The van der Waals surface area contributed by atoms with Crippen LogP contribution in [0.5, 0.6) is 11.5 Å². The second-order valence-electron chi connectivity index (χ2n) is 11.4. The molecule has 0 spiro atoms. The molecule has 2 aromatic rings. The number of urea groups is 1. The number of anilines is 2. The van der Waals surface area contributed by atoms with Crippen molar-refractivity contribution in [3.8, 4) is 11.5 Å². The fourth-order valence-corrected chi connectivity index (χ4v) is 7.22. The van der Waals surface area contributed by atoms with E-state index in [1.807, 2.05) is 11.8 Å². The molecule has 0 bridgehead atoms. The van der Waals surface area contributed by atoms with Gasteiger partial charge in [-0.05, 0) is 25.0 Å². The minimum absolute atomic E-state index is 0.0518. The minimum Gasteiger partial charge on any atom is -0.486 e. The third kappa shape index (κ3) is 8.14. The number of nitrogens with one attached hydrogen (secondary N) is 4. The zero-order chi connectivity index (χ0) is 32.8. The summed E-state index contributed by atoms with van der Waals surface area (Å²) in [6.07, 6.45) is 8.72. The Labute approximate surface area is 274 Å². The first-order valence-corrected chi connectivity index (χ1v) is 16.5. The molecule has 47 heavy (non-hydrogen) atoms. The number of ether oxygens (including phenoxy) is 2. The molecule has 13 nitrogen and oxygen atoms in total. The minimum atomic E-state index is -0.714. The van der Waals surface area contributed by atoms with Gasteiger partial charge in [0.1, 0.15) is 19.0 Å². The highest BCUT2D eigenvalue weighted by atomic mass is 32.2. The highest BCUT2D eigenvalue weighted by molar-refractivity contribution is 8.00. The van der Waals surface area contributed by atoms with E-state index in [2.05, 4.69) is 36.2 Å². The van der Waals surface area contributed by atoms with Gasteiger partial charge in [-0.3, -0.25) is 14.4 Å². The summed E-state index contributed by atoms with van der Waals surface area (Å²) in [6, 6.07) is 5.30. The fourth-order valence-electron chi connectivity index (χ4n) is 5.67. The van der Waals surface area contributed by atoms with Crippen LogP contribution in [0.1, 0.15) is 38.5 Å². The maximum Gasteiger partial charge on any atom is 0.315 e. The van der Waals surface area contributed by atoms with Gasteiger partial charge in [-0.15, -0.1) is 0 Å². The Kier molecular flexibility index (Phi) is 10.1. The number of unbranched alkanes of at least 4 members (excludes halogenated alkanes) is 1. The lowest BCUT2D eigenvalue weighted by molar-refractivity contribution is -0.119. The standard InChI is InChI=1S/C32H34FN7O6S/c33-21-16-35-31(40-30(21)36-19-8-9-24-25(15-19)46-13-12-45-24)37-22-6-3-4-18(29(22)43)14-27(42)34-11-10-20(41)5-1-2-7-26-28-23(17-47-26)38-32(44)39-28/h3-4,8-9,14-16,23,26,28H,1-2,5-7,10-13,17H2,(H,34,42)(H,35,36,40)(H2,38,39,44)/t23-,26-,28-/m0/s1. The molecule has 6 rings (SSSR count). The number of nitrogens with zero attached hydrogens (tertiary/aromatic N) is 3. The molecule has 0 unspecified atom stereocenters. The van der Waals surface area contributed by atoms with E-state index in [0.717, 1.165) is 31.2 Å². The molecule has 1 aliphatic carbocycles. The van der Waals surface area contributed by atoms with Crippen molar-refractivity contribution in [3.05, 3.63) is 54.0 Å². The maximum atomic E-state index is 14.5. The van der Waals surface area contributed by atoms with E-state index in [9.17, 15) is 23.6 Å². The van der Waals surface area contributed by atoms with Crippen LogP contribution in [0.2, 0.25) is 0 Å². The zero-order valence-corrected chi connectivity index (χ0v) is 26.2. The third-order valence-corrected chi connectivity index (χ3v) is 9.53. The Morgan fingerprint density at radius 1 is 1.13 bits per heavy atom. The van der Waals surface area contributed by atoms with E-state index in [-0.39, 0.29) is 66.3 Å². The quantitative estimate of drug-likeness (QED) is 0.150. The second kappa shape index (κ2) is 14.8. The van der Waals surface area contributed by atoms with E-state index in [1.54, 1.807) is 24.3 Å². The number of rotatable bonds is 12. The number of halogens is 1. The number of fused-ring (bicyclic) bond motifs is 2. The second-order valence-corrected chi connectivity index (χ2v) is 12.7. The average Bonchev–Trinajstić information content (AvgIpc) is 3.62. The van der Waals surface area contributed by atoms with Gasteiger partial charge in [0.15, 0.2) is 23.1 Å². The van der Waals surface area contributed by atoms with E-state index >= 15 is 0 Å². The number of hydrogen-bond donors (Lipinski definition) is 4. The number of allylic oxidation sites excluding steroid dienone is 3. The molecular formula is C32H34FN7O6S. The predicted molar refractivity (Wildman–Crippen MR) is 173 cm³/mol. The summed E-state index contributed by atoms with van der Waals surface area (Å²) >= 11 is 1.85. The summed E-state index contributed by atoms with van der Waals surface area (Å²) in [7, 11) is 0. The summed E-state index contributed by atoms with van der Waals surface area (Å²) in [5, 5.41) is 11.8. The third-order valence-electron chi connectivity index (χ3n) is 8.03. The highest BCUT2D eigenvalue weighted by Gasteiger charge is 2.42. The van der Waals surface area contributed by atoms with Gasteiger partial charge in [-0.1, -0.05) is 18.6 Å². The van der Waals surface area contributed by atoms with Gasteiger partial charge in [-0.25, -0.2) is 19.2 Å². The Bertz CT molecular complexity index is 1660. The molecule has 4 N–H and O–H groups in total. The summed E-state index contributed by atoms with van der Waals surface area (Å²) in [5.41, 5.74) is 0.726. The SMILES string of the molecule is O=C(CCCC[C@@H]1SC[C@@H]2NC(=O)N[C@@H]21)CCNC(=O)C=C1C=CCC(=Nc2ncc(F)c(Nc3ccc4c(c3)OCCO4)n2)C1=O. The molecule has 15 heteroatoms. The number of ketones is 2. The molecule has 2 fully saturated rings. The molecule has 1 aromatic heterocycles. The smallest absolute Gasteiger partial charge is 0.315 e. The monoisotopic (exact) mass is 663 g/mol. The number of benzene rings is 1. The Morgan fingerprint density at radius 3 is 2.85 bits per heavy atom. The van der Waals surface area contributed by atoms with Gasteiger partial charge < -0.3 is 30.7 Å². The molecule has 246 valence electrons. The summed E-state index contributed by atoms with van der Waals surface area (Å²) in [5.74, 6) is 0.112. The van der Waals surface area contributed by atoms with Gasteiger partial charge >= 0.3 is 6.03 Å². The molecule has 3 amide bonds. The molecule has 3 aliphatic heterocycles. The van der Waals surface area contributed by atoms with Crippen LogP contribution in [0.3, 0.4) is 0 Å². The van der Waals surface area contributed by atoms with Crippen LogP contribution in [-0.4, -0.2) is 82.0 Å². The lowest BCUT2D eigenvalue weighted by Crippen LogP contribution is -2.36. The molecule has 0 radical (unpaired) electrons. The van der Waals surface area contributed by atoms with Crippen molar-refractivity contribution in [3.63, 3.8) is 0 Å². The van der Waals surface area contributed by atoms with Crippen LogP contribution in [0.25, 0.3) is 0 Å². The van der Waals surface area contributed by atoms with E-state index in [0.29, 0.717) is 42.1 Å². The topological polar surface area (TPSA) is 173 Å². The normalized spacial score (nSPS) is 23.0. The maximum absolute atomic E-state index is 14.5. The number of thioether (sulfide) groups is 1. The van der Waals surface area contributed by atoms with Crippen molar-refractivity contribution in [1.82, 2.24) is 25.9 Å². The summed E-state index contributed by atoms with van der Waals surface area (Å²) < 4.78 is 25.6. The first kappa shape index (κ1) is 32.2. The zero-order valence-electron chi connectivity index (χ0n) is 25.4. The van der Waals surface area contributed by atoms with Gasteiger partial charge in [0.05, 0.1) is 24.0 Å². The number of aliphatic imine (C=N–C) groups is 1. The number of aromatic nitrogens is 2. The largest absolute Gasteiger partial charge is 0.486 e. The van der Waals surface area contributed by atoms with Crippen LogP contribution >= 0.6 is 11.8 Å². The average molecular weight is 664 g/mol. The van der Waals surface area contributed by atoms with Crippen LogP contribution < -0.4 is 30.7 Å². The van der Waals surface area contributed by atoms with Crippen molar-refractivity contribution in [2.45, 2.75) is 55.9 Å². The fraction of sp³-hybridized carbons (Fsp3) is 0.406. The molecule has 1 aromatic carbocycles. The van der Waals surface area contributed by atoms with E-state index in [1.165, 1.54) is 12.2 Å². The molecule has 2 saturated heterocycles. The number of Topliss-reactive ketones (excluding diaryl/α,β-unsaturated/α-hetero) is 2. The van der Waals surface area contributed by atoms with Crippen LogP contribution in [-0.2, 0) is 14.4 Å². The number of hydrogen-bond acceptors (Lipinski definition) is 11. The Morgan fingerprint density at radius 2 is 1.98 bits per heavy atom. The van der Waals surface area contributed by atoms with E-state index in [4.69, 9.17) is 9.47 Å². The number of carbonyl (C=O) groups excluding carboxylic acids is 4. The molecule has 4 heterocycles. The first-order chi connectivity index (χ1) is 22.8. The summed E-state index contributed by atoms with van der Waals surface area (Å²) in [4.78, 5) is 61.7. The first-order valence-electron chi connectivity index (χ1n) is 15.5. The van der Waals surface area contributed by atoms with E-state index < -0.39 is 17.5 Å². The number of amides is 3. The summed E-state index contributed by atoms with van der Waals surface area (Å²) in [6.45, 7) is 1.01.